The van der Waals surface area contributed by atoms with Crippen molar-refractivity contribution in [3.05, 3.63) is 112 Å². The smallest absolute Gasteiger partial charge is 0.429 e. The van der Waals surface area contributed by atoms with E-state index in [0.717, 1.165) is 60.3 Å². The van der Waals surface area contributed by atoms with Crippen LogP contribution >= 0.6 is 0 Å². The number of carbonyl (C=O) groups is 5. The first-order valence-electron chi connectivity index (χ1n) is 29.2. The normalized spacial score (nSPS) is 24.4. The minimum Gasteiger partial charge on any atom is -0.429 e. The highest BCUT2D eigenvalue weighted by Gasteiger charge is 2.59. The largest absolute Gasteiger partial charge is 0.514 e. The highest BCUT2D eigenvalue weighted by Crippen LogP contribution is 2.67. The van der Waals surface area contributed by atoms with Crippen molar-refractivity contribution in [2.45, 2.75) is 182 Å². The van der Waals surface area contributed by atoms with Gasteiger partial charge in [0.05, 0.1) is 11.0 Å². The summed E-state index contributed by atoms with van der Waals surface area (Å²) in [4.78, 5) is 76.5. The van der Waals surface area contributed by atoms with Crippen LogP contribution < -0.4 is 26.0 Å². The molecule has 4 aliphatic carbocycles. The van der Waals surface area contributed by atoms with Gasteiger partial charge in [-0.3, -0.25) is 29.3 Å². The van der Waals surface area contributed by atoms with Crippen LogP contribution in [0.4, 0.5) is 16.2 Å². The SMILES string of the molecule is CCCC[C@H](NC(=O)C(Cc1ccccc1)NC(=O)CCC(=O)NCCCO[C@H]1CC[C@@]2(C)C(=CC[C@H]3C4CC[C@H]([C@H](C)CCCC(C)C)[C@@]4(C)CC[C@@H]32)C1)C(=O)Nc1ccc(COC(=O)Oc2ccc([N+](=O)[O-])cc2)cc1. The lowest BCUT2D eigenvalue weighted by atomic mass is 9.47. The highest BCUT2D eigenvalue weighted by atomic mass is 16.7. The number of rotatable bonds is 27. The van der Waals surface area contributed by atoms with Crippen LogP contribution in [-0.4, -0.2) is 66.0 Å². The van der Waals surface area contributed by atoms with Crippen molar-refractivity contribution in [3.8, 4) is 5.75 Å². The average molecular weight is 1070 g/mol. The molecule has 15 heteroatoms. The summed E-state index contributed by atoms with van der Waals surface area (Å²) < 4.78 is 16.7. The van der Waals surface area contributed by atoms with E-state index in [0.29, 0.717) is 49.1 Å². The number of non-ortho nitro benzene ring substituents is 1. The van der Waals surface area contributed by atoms with E-state index in [1.54, 1.807) is 29.8 Å². The van der Waals surface area contributed by atoms with Crippen molar-refractivity contribution in [2.24, 2.45) is 46.3 Å². The van der Waals surface area contributed by atoms with Crippen molar-refractivity contribution >= 4 is 41.2 Å². The zero-order valence-electron chi connectivity index (χ0n) is 47.2. The molecule has 3 fully saturated rings. The minimum atomic E-state index is -1.01. The fourth-order valence-corrected chi connectivity index (χ4v) is 13.8. The second-order valence-corrected chi connectivity index (χ2v) is 23.8. The molecule has 0 heterocycles. The molecule has 3 aromatic carbocycles. The number of hydrogen-bond acceptors (Lipinski definition) is 10. The second-order valence-electron chi connectivity index (χ2n) is 23.8. The molecule has 4 aliphatic rings. The Balaban J connectivity index is 0.824. The first-order chi connectivity index (χ1) is 37.4. The van der Waals surface area contributed by atoms with Gasteiger partial charge in [-0.1, -0.05) is 128 Å². The van der Waals surface area contributed by atoms with Gasteiger partial charge in [-0.25, -0.2) is 4.79 Å². The molecule has 424 valence electrons. The number of amides is 4. The van der Waals surface area contributed by atoms with Gasteiger partial charge in [0.15, 0.2) is 0 Å². The summed E-state index contributed by atoms with van der Waals surface area (Å²) in [5.41, 5.74) is 4.09. The molecule has 0 aliphatic heterocycles. The van der Waals surface area contributed by atoms with Crippen LogP contribution in [0.3, 0.4) is 0 Å². The molecule has 10 atom stereocenters. The van der Waals surface area contributed by atoms with E-state index in [9.17, 15) is 34.1 Å². The summed E-state index contributed by atoms with van der Waals surface area (Å²) in [7, 11) is 0. The molecule has 2 unspecified atom stereocenters. The molecular weight excluding hydrogens is 987 g/mol. The predicted octanol–water partition coefficient (Wildman–Crippen LogP) is 12.4. The topological polar surface area (TPSA) is 204 Å². The van der Waals surface area contributed by atoms with Gasteiger partial charge in [-0.15, -0.1) is 0 Å². The van der Waals surface area contributed by atoms with Crippen molar-refractivity contribution in [1.29, 1.82) is 0 Å². The Labute approximate surface area is 462 Å². The zero-order chi connectivity index (χ0) is 55.8. The molecule has 15 nitrogen and oxygen atoms in total. The van der Waals surface area contributed by atoms with E-state index in [4.69, 9.17) is 14.2 Å². The van der Waals surface area contributed by atoms with Crippen LogP contribution in [-0.2, 0) is 41.7 Å². The number of nitrogens with zero attached hydrogens (tertiary/aromatic N) is 1. The number of nitrogens with one attached hydrogen (secondary N) is 4. The van der Waals surface area contributed by atoms with Crippen molar-refractivity contribution in [3.63, 3.8) is 0 Å². The van der Waals surface area contributed by atoms with E-state index in [-0.39, 0.29) is 54.7 Å². The van der Waals surface area contributed by atoms with E-state index < -0.39 is 40.9 Å². The van der Waals surface area contributed by atoms with Crippen LogP contribution in [0, 0.1) is 56.5 Å². The Morgan fingerprint density at radius 3 is 2.22 bits per heavy atom. The summed E-state index contributed by atoms with van der Waals surface area (Å²) in [6, 6.07) is 18.9. The standard InChI is InChI=1S/C63H87N5O10/c1-7-8-18-55(59(71)65-47-22-19-45(20-23-47)41-77-61(73)78-49-26-24-48(25-27-49)68(74)75)67-60(72)56(39-44-16-10-9-11-17-44)66-58(70)32-31-57(69)64-37-13-38-76-50-33-35-62(5)46(40-50)21-28-51-53-30-29-52(43(4)15-12-14-42(2)3)63(53,6)36-34-54(51)62/h9-11,16-17,19-27,42-43,50-56H,7-8,12-15,18,28-41H2,1-6H3,(H,64,69)(H,65,71)(H,66,70)(H,67,72)/t43-,50+,51+,52-,53?,54+,55+,56?,62+,63-/m1/s1. The predicted molar refractivity (Wildman–Crippen MR) is 302 cm³/mol. The summed E-state index contributed by atoms with van der Waals surface area (Å²) in [6.45, 7) is 15.3. The van der Waals surface area contributed by atoms with Crippen molar-refractivity contribution in [1.82, 2.24) is 16.0 Å². The van der Waals surface area contributed by atoms with Crippen LogP contribution in [0.1, 0.15) is 162 Å². The van der Waals surface area contributed by atoms with Gasteiger partial charge in [0.2, 0.25) is 23.6 Å². The first kappa shape index (κ1) is 59.6. The van der Waals surface area contributed by atoms with Gasteiger partial charge >= 0.3 is 6.16 Å². The molecule has 0 spiro atoms. The van der Waals surface area contributed by atoms with Crippen molar-refractivity contribution in [2.75, 3.05) is 18.5 Å². The van der Waals surface area contributed by atoms with Gasteiger partial charge in [-0.2, -0.15) is 0 Å². The number of carbonyl (C=O) groups excluding carboxylic acids is 5. The zero-order valence-corrected chi connectivity index (χ0v) is 47.2. The average Bonchev–Trinajstić information content (AvgIpc) is 4.01. The number of anilines is 1. The lowest BCUT2D eigenvalue weighted by Gasteiger charge is -2.58. The van der Waals surface area contributed by atoms with Gasteiger partial charge in [0, 0.05) is 50.2 Å². The van der Waals surface area contributed by atoms with E-state index in [1.165, 1.54) is 82.1 Å². The summed E-state index contributed by atoms with van der Waals surface area (Å²) >= 11 is 0. The maximum atomic E-state index is 14.0. The minimum absolute atomic E-state index is 0.0411. The molecule has 78 heavy (non-hydrogen) atoms. The third-order valence-electron chi connectivity index (χ3n) is 18.1. The number of hydrogen-bond donors (Lipinski definition) is 4. The highest BCUT2D eigenvalue weighted by molar-refractivity contribution is 5.98. The van der Waals surface area contributed by atoms with Crippen LogP contribution in [0.25, 0.3) is 0 Å². The van der Waals surface area contributed by atoms with E-state index in [1.807, 2.05) is 37.3 Å². The number of fused-ring (bicyclic) bond motifs is 5. The van der Waals surface area contributed by atoms with Gasteiger partial charge in [0.1, 0.15) is 24.4 Å². The molecule has 0 bridgehead atoms. The van der Waals surface area contributed by atoms with E-state index in [2.05, 4.69) is 62.0 Å². The number of nitro benzene ring substituents is 1. The second kappa shape index (κ2) is 28.2. The molecule has 3 aromatic rings. The van der Waals surface area contributed by atoms with Crippen LogP contribution in [0.5, 0.6) is 5.75 Å². The summed E-state index contributed by atoms with van der Waals surface area (Å²) in [5, 5.41) is 22.4. The quantitative estimate of drug-likeness (QED) is 0.0142. The molecule has 0 radical (unpaired) electrons. The van der Waals surface area contributed by atoms with Gasteiger partial charge < -0.3 is 35.5 Å². The van der Waals surface area contributed by atoms with Gasteiger partial charge in [-0.05, 0) is 146 Å². The lowest BCUT2D eigenvalue weighted by molar-refractivity contribution is -0.384. The lowest BCUT2D eigenvalue weighted by Crippen LogP contribution is -2.53. The van der Waals surface area contributed by atoms with Crippen LogP contribution in [0.2, 0.25) is 0 Å². The first-order valence-corrected chi connectivity index (χ1v) is 29.2. The Kier molecular flexibility index (Phi) is 21.5. The van der Waals surface area contributed by atoms with Crippen molar-refractivity contribution < 1.29 is 43.1 Å². The maximum Gasteiger partial charge on any atom is 0.514 e. The number of benzene rings is 3. The fourth-order valence-electron chi connectivity index (χ4n) is 13.8. The maximum absolute atomic E-state index is 14.0. The molecule has 7 rings (SSSR count). The molecule has 4 amide bonds. The van der Waals surface area contributed by atoms with E-state index >= 15 is 0 Å². The number of unbranched alkanes of at least 4 members (excludes halogenated alkanes) is 1. The summed E-state index contributed by atoms with van der Waals surface area (Å²) in [6.07, 6.45) is 18.4. The Morgan fingerprint density at radius 2 is 1.50 bits per heavy atom. The molecule has 0 saturated heterocycles. The molecule has 0 aromatic heterocycles. The number of nitro groups is 1. The number of ether oxygens (including phenoxy) is 3. The fraction of sp³-hybridized carbons (Fsp3) is 0.603. The molecule has 3 saturated carbocycles. The van der Waals surface area contributed by atoms with Crippen LogP contribution in [0.15, 0.2) is 90.5 Å². The Morgan fingerprint density at radius 1 is 0.756 bits per heavy atom. The Bertz CT molecular complexity index is 2520. The molecular formula is C63H87N5O10. The monoisotopic (exact) mass is 1070 g/mol. The Hall–Kier alpha value is -6.09. The summed E-state index contributed by atoms with van der Waals surface area (Å²) in [5.74, 6) is 3.32. The number of allylic oxidation sites excluding steroid dienone is 1. The third-order valence-corrected chi connectivity index (χ3v) is 18.1. The van der Waals surface area contributed by atoms with Gasteiger partial charge in [0.25, 0.3) is 5.69 Å². The third kappa shape index (κ3) is 16.0. The molecule has 4 N–H and O–H groups in total.